The SMILES string of the molecule is O=C(NCCCCCO)c1ccc(-c2nn[nH]n2)cc1. The standard InChI is InChI=1S/C13H17N5O2/c19-9-3-1-2-8-14-13(20)11-6-4-10(5-7-11)12-15-17-18-16-12/h4-7,19H,1-3,8-9H2,(H,14,20)(H,15,16,17,18). The van der Waals surface area contributed by atoms with E-state index in [0.29, 0.717) is 17.9 Å². The maximum atomic E-state index is 11.9. The van der Waals surface area contributed by atoms with Gasteiger partial charge in [-0.3, -0.25) is 4.79 Å². The number of benzene rings is 1. The number of aliphatic hydroxyl groups excluding tert-OH is 1. The number of carbonyl (C=O) groups is 1. The van der Waals surface area contributed by atoms with Crippen molar-refractivity contribution in [3.63, 3.8) is 0 Å². The number of H-pyrrole nitrogens is 1. The van der Waals surface area contributed by atoms with Gasteiger partial charge in [0.15, 0.2) is 0 Å². The molecule has 0 atom stereocenters. The van der Waals surface area contributed by atoms with Crippen molar-refractivity contribution in [2.24, 2.45) is 0 Å². The summed E-state index contributed by atoms with van der Waals surface area (Å²) in [5, 5.41) is 25.1. The molecule has 0 fully saturated rings. The molecule has 0 unspecified atom stereocenters. The molecule has 0 saturated carbocycles. The highest BCUT2D eigenvalue weighted by Gasteiger charge is 2.07. The summed E-state index contributed by atoms with van der Waals surface area (Å²) in [7, 11) is 0. The van der Waals surface area contributed by atoms with Crippen LogP contribution in [0.3, 0.4) is 0 Å². The number of nitrogens with zero attached hydrogens (tertiary/aromatic N) is 3. The first kappa shape index (κ1) is 14.1. The summed E-state index contributed by atoms with van der Waals surface area (Å²) >= 11 is 0. The molecule has 20 heavy (non-hydrogen) atoms. The van der Waals surface area contributed by atoms with Crippen molar-refractivity contribution in [2.75, 3.05) is 13.2 Å². The number of aromatic amines is 1. The monoisotopic (exact) mass is 275 g/mol. The van der Waals surface area contributed by atoms with Gasteiger partial charge >= 0.3 is 0 Å². The predicted octanol–water partition coefficient (Wildman–Crippen LogP) is 0.759. The van der Waals surface area contributed by atoms with Crippen molar-refractivity contribution in [1.29, 1.82) is 0 Å². The second-order valence-corrected chi connectivity index (χ2v) is 4.35. The third-order valence-electron chi connectivity index (χ3n) is 2.87. The highest BCUT2D eigenvalue weighted by molar-refractivity contribution is 5.94. The van der Waals surface area contributed by atoms with Crippen LogP contribution in [0.4, 0.5) is 0 Å². The van der Waals surface area contributed by atoms with Crippen molar-refractivity contribution in [1.82, 2.24) is 25.9 Å². The van der Waals surface area contributed by atoms with E-state index in [9.17, 15) is 4.79 Å². The van der Waals surface area contributed by atoms with Gasteiger partial charge in [0.05, 0.1) is 0 Å². The van der Waals surface area contributed by atoms with Crippen molar-refractivity contribution in [3.8, 4) is 11.4 Å². The Labute approximate surface area is 116 Å². The van der Waals surface area contributed by atoms with Gasteiger partial charge < -0.3 is 10.4 Å². The minimum absolute atomic E-state index is 0.103. The van der Waals surface area contributed by atoms with Gasteiger partial charge in [-0.05, 0) is 36.6 Å². The Morgan fingerprint density at radius 2 is 2.00 bits per heavy atom. The van der Waals surface area contributed by atoms with Crippen molar-refractivity contribution < 1.29 is 9.90 Å². The smallest absolute Gasteiger partial charge is 0.251 e. The van der Waals surface area contributed by atoms with Crippen LogP contribution >= 0.6 is 0 Å². The highest BCUT2D eigenvalue weighted by Crippen LogP contribution is 2.13. The number of rotatable bonds is 7. The number of tetrazole rings is 1. The van der Waals surface area contributed by atoms with E-state index in [-0.39, 0.29) is 12.5 Å². The molecule has 2 rings (SSSR count). The predicted molar refractivity (Wildman–Crippen MR) is 72.9 cm³/mol. The average Bonchev–Trinajstić information content (AvgIpc) is 3.01. The summed E-state index contributed by atoms with van der Waals surface area (Å²) in [5.74, 6) is 0.398. The molecule has 0 aliphatic heterocycles. The molecule has 0 spiro atoms. The molecule has 1 aromatic carbocycles. The van der Waals surface area contributed by atoms with E-state index in [0.717, 1.165) is 24.8 Å². The van der Waals surface area contributed by atoms with E-state index < -0.39 is 0 Å². The van der Waals surface area contributed by atoms with Crippen LogP contribution in [0.2, 0.25) is 0 Å². The molecular weight excluding hydrogens is 258 g/mol. The Morgan fingerprint density at radius 3 is 2.65 bits per heavy atom. The lowest BCUT2D eigenvalue weighted by Crippen LogP contribution is -2.24. The summed E-state index contributed by atoms with van der Waals surface area (Å²) in [6.07, 6.45) is 2.55. The molecule has 0 radical (unpaired) electrons. The van der Waals surface area contributed by atoms with Crippen molar-refractivity contribution >= 4 is 5.91 Å². The fourth-order valence-corrected chi connectivity index (χ4v) is 1.77. The fraction of sp³-hybridized carbons (Fsp3) is 0.385. The number of unbranched alkanes of at least 4 members (excludes halogenated alkanes) is 2. The molecule has 1 amide bonds. The second-order valence-electron chi connectivity index (χ2n) is 4.35. The largest absolute Gasteiger partial charge is 0.396 e. The number of amides is 1. The van der Waals surface area contributed by atoms with Gasteiger partial charge in [-0.2, -0.15) is 5.21 Å². The maximum absolute atomic E-state index is 11.9. The zero-order chi connectivity index (χ0) is 14.2. The van der Waals surface area contributed by atoms with Gasteiger partial charge in [0, 0.05) is 24.3 Å². The number of aromatic nitrogens is 4. The summed E-state index contributed by atoms with van der Waals surface area (Å²) in [4.78, 5) is 11.9. The topological polar surface area (TPSA) is 104 Å². The molecule has 1 aromatic heterocycles. The third-order valence-corrected chi connectivity index (χ3v) is 2.87. The zero-order valence-corrected chi connectivity index (χ0v) is 11.0. The second kappa shape index (κ2) is 7.34. The Balaban J connectivity index is 1.85. The first-order chi connectivity index (χ1) is 9.81. The molecular formula is C13H17N5O2. The van der Waals surface area contributed by atoms with E-state index in [1.54, 1.807) is 24.3 Å². The first-order valence-corrected chi connectivity index (χ1v) is 6.54. The van der Waals surface area contributed by atoms with Gasteiger partial charge in [-0.15, -0.1) is 10.2 Å². The number of carbonyl (C=O) groups excluding carboxylic acids is 1. The zero-order valence-electron chi connectivity index (χ0n) is 11.0. The van der Waals surface area contributed by atoms with Crippen LogP contribution in [-0.4, -0.2) is 44.8 Å². The fourth-order valence-electron chi connectivity index (χ4n) is 1.77. The molecule has 0 saturated heterocycles. The molecule has 0 aliphatic rings. The molecule has 106 valence electrons. The van der Waals surface area contributed by atoms with E-state index in [2.05, 4.69) is 25.9 Å². The maximum Gasteiger partial charge on any atom is 0.251 e. The van der Waals surface area contributed by atoms with Crippen LogP contribution in [0.1, 0.15) is 29.6 Å². The van der Waals surface area contributed by atoms with Crippen LogP contribution in [-0.2, 0) is 0 Å². The number of aliphatic hydroxyl groups is 1. The molecule has 0 aliphatic carbocycles. The molecule has 7 nitrogen and oxygen atoms in total. The molecule has 2 aromatic rings. The van der Waals surface area contributed by atoms with E-state index in [4.69, 9.17) is 5.11 Å². The summed E-state index contributed by atoms with van der Waals surface area (Å²) in [6.45, 7) is 0.816. The summed E-state index contributed by atoms with van der Waals surface area (Å²) < 4.78 is 0. The Bertz CT molecular complexity index is 524. The number of nitrogens with one attached hydrogen (secondary N) is 2. The van der Waals surface area contributed by atoms with Gasteiger partial charge in [0.25, 0.3) is 5.91 Å². The first-order valence-electron chi connectivity index (χ1n) is 6.54. The van der Waals surface area contributed by atoms with Crippen LogP contribution in [0.15, 0.2) is 24.3 Å². The van der Waals surface area contributed by atoms with Crippen LogP contribution < -0.4 is 5.32 Å². The van der Waals surface area contributed by atoms with Crippen LogP contribution in [0.5, 0.6) is 0 Å². The third kappa shape index (κ3) is 3.86. The molecule has 7 heteroatoms. The van der Waals surface area contributed by atoms with E-state index in [1.807, 2.05) is 0 Å². The van der Waals surface area contributed by atoms with Gasteiger partial charge in [0.2, 0.25) is 5.82 Å². The molecule has 0 bridgehead atoms. The highest BCUT2D eigenvalue weighted by atomic mass is 16.2. The van der Waals surface area contributed by atoms with Crippen LogP contribution in [0, 0.1) is 0 Å². The van der Waals surface area contributed by atoms with Crippen molar-refractivity contribution in [2.45, 2.75) is 19.3 Å². The lowest BCUT2D eigenvalue weighted by molar-refractivity contribution is 0.0953. The number of hydrogen-bond donors (Lipinski definition) is 3. The normalized spacial score (nSPS) is 10.4. The quantitative estimate of drug-likeness (QED) is 0.647. The van der Waals surface area contributed by atoms with E-state index >= 15 is 0 Å². The van der Waals surface area contributed by atoms with Crippen molar-refractivity contribution in [3.05, 3.63) is 29.8 Å². The Morgan fingerprint density at radius 1 is 1.20 bits per heavy atom. The van der Waals surface area contributed by atoms with Gasteiger partial charge in [0.1, 0.15) is 0 Å². The lowest BCUT2D eigenvalue weighted by atomic mass is 10.1. The minimum atomic E-state index is -0.103. The lowest BCUT2D eigenvalue weighted by Gasteiger charge is -2.05. The molecule has 1 heterocycles. The minimum Gasteiger partial charge on any atom is -0.396 e. The molecule has 3 N–H and O–H groups in total. The van der Waals surface area contributed by atoms with Gasteiger partial charge in [-0.25, -0.2) is 0 Å². The van der Waals surface area contributed by atoms with Crippen LogP contribution in [0.25, 0.3) is 11.4 Å². The van der Waals surface area contributed by atoms with Gasteiger partial charge in [-0.1, -0.05) is 12.1 Å². The van der Waals surface area contributed by atoms with E-state index in [1.165, 1.54) is 0 Å². The summed E-state index contributed by atoms with van der Waals surface area (Å²) in [5.41, 5.74) is 1.40. The summed E-state index contributed by atoms with van der Waals surface area (Å²) in [6, 6.07) is 7.03. The Hall–Kier alpha value is -2.28. The average molecular weight is 275 g/mol. The number of hydrogen-bond acceptors (Lipinski definition) is 5. The Kier molecular flexibility index (Phi) is 5.19.